The number of pyridine rings is 1. The van der Waals surface area contributed by atoms with Gasteiger partial charge in [-0.15, -0.1) is 10.2 Å². The van der Waals surface area contributed by atoms with E-state index in [0.717, 1.165) is 5.69 Å². The first-order chi connectivity index (χ1) is 15.7. The van der Waals surface area contributed by atoms with Gasteiger partial charge in [-0.05, 0) is 24.3 Å². The molecule has 5 aromatic heterocycles. The molecule has 0 aromatic carbocycles. The van der Waals surface area contributed by atoms with Crippen molar-refractivity contribution in [2.75, 3.05) is 6.54 Å². The molecule has 0 bridgehead atoms. The molecule has 0 fully saturated rings. The van der Waals surface area contributed by atoms with Gasteiger partial charge in [0.2, 0.25) is 11.8 Å². The van der Waals surface area contributed by atoms with Crippen LogP contribution in [0.5, 0.6) is 0 Å². The number of imidazole rings is 1. The zero-order chi connectivity index (χ0) is 21.7. The fourth-order valence-electron chi connectivity index (χ4n) is 3.86. The molecule has 158 valence electrons. The number of nitrogens with zero attached hydrogens (tertiary/aromatic N) is 8. The molecule has 11 nitrogen and oxygen atoms in total. The van der Waals surface area contributed by atoms with Gasteiger partial charge in [0.1, 0.15) is 6.04 Å². The average molecular weight is 431 g/mol. The van der Waals surface area contributed by atoms with Crippen LogP contribution >= 0.6 is 0 Å². The van der Waals surface area contributed by atoms with Gasteiger partial charge in [0.15, 0.2) is 0 Å². The van der Waals surface area contributed by atoms with Crippen molar-refractivity contribution in [1.29, 1.82) is 0 Å². The van der Waals surface area contributed by atoms with Gasteiger partial charge in [0, 0.05) is 31.1 Å². The summed E-state index contributed by atoms with van der Waals surface area (Å²) in [6.07, 6.45) is 5.20. The van der Waals surface area contributed by atoms with Gasteiger partial charge in [-0.2, -0.15) is 9.49 Å². The maximum Gasteiger partial charge on any atom is 0.312 e. The zero-order valence-corrected chi connectivity index (χ0v) is 16.4. The minimum atomic E-state index is -0.653. The Labute approximate surface area is 179 Å². The molecule has 1 atom stereocenters. The third-order valence-corrected chi connectivity index (χ3v) is 5.29. The molecule has 12 heteroatoms. The molecular weight excluding hydrogens is 417 g/mol. The van der Waals surface area contributed by atoms with Crippen molar-refractivity contribution in [3.05, 3.63) is 78.0 Å². The molecule has 32 heavy (non-hydrogen) atoms. The molecule has 1 aliphatic rings. The number of halogens is 1. The normalized spacial score (nSPS) is 15.8. The number of aromatic nitrogens is 8. The second-order valence-electron chi connectivity index (χ2n) is 7.16. The third-order valence-electron chi connectivity index (χ3n) is 5.29. The highest BCUT2D eigenvalue weighted by Crippen LogP contribution is 2.34. The molecule has 6 heterocycles. The fraction of sp³-hybridized carbons (Fsp3) is 0.150. The first-order valence-corrected chi connectivity index (χ1v) is 9.77. The van der Waals surface area contributed by atoms with E-state index in [0.29, 0.717) is 29.9 Å². The summed E-state index contributed by atoms with van der Waals surface area (Å²) < 4.78 is 21.0. The van der Waals surface area contributed by atoms with Crippen LogP contribution in [-0.4, -0.2) is 57.1 Å². The molecule has 0 aliphatic carbocycles. The second-order valence-corrected chi connectivity index (χ2v) is 7.16. The number of hydrogen-bond donors (Lipinski definition) is 1. The molecule has 1 N–H and O–H groups in total. The number of carbonyl (C=O) groups is 1. The summed E-state index contributed by atoms with van der Waals surface area (Å²) in [6.45, 7) is 0.356. The number of hydrogen-bond acceptors (Lipinski definition) is 8. The Balaban J connectivity index is 1.41. The number of carbonyl (C=O) groups excluding carboxylic acids is 1. The van der Waals surface area contributed by atoms with E-state index >= 15 is 0 Å². The lowest BCUT2D eigenvalue weighted by Crippen LogP contribution is -2.41. The molecule has 1 amide bonds. The van der Waals surface area contributed by atoms with E-state index in [1.54, 1.807) is 35.5 Å². The van der Waals surface area contributed by atoms with Crippen molar-refractivity contribution < 1.29 is 13.6 Å². The molecule has 1 aliphatic heterocycles. The van der Waals surface area contributed by atoms with Gasteiger partial charge in [-0.25, -0.2) is 19.5 Å². The fourth-order valence-corrected chi connectivity index (χ4v) is 3.86. The highest BCUT2D eigenvalue weighted by Gasteiger charge is 2.38. The second kappa shape index (κ2) is 7.04. The van der Waals surface area contributed by atoms with Crippen LogP contribution in [0.4, 0.5) is 4.39 Å². The summed E-state index contributed by atoms with van der Waals surface area (Å²) in [5.41, 5.74) is 2.57. The smallest absolute Gasteiger partial charge is 0.312 e. The Morgan fingerprint density at radius 2 is 2.03 bits per heavy atom. The molecule has 0 saturated carbocycles. The lowest BCUT2D eigenvalue weighted by molar-refractivity contribution is 0.0646. The largest absolute Gasteiger partial charge is 0.409 e. The summed E-state index contributed by atoms with van der Waals surface area (Å²) in [4.78, 5) is 30.6. The minimum absolute atomic E-state index is 0.0396. The molecule has 6 rings (SSSR count). The average Bonchev–Trinajstić information content (AvgIpc) is 3.58. The van der Waals surface area contributed by atoms with E-state index in [1.165, 1.54) is 23.0 Å². The quantitative estimate of drug-likeness (QED) is 0.428. The van der Waals surface area contributed by atoms with Crippen LogP contribution in [-0.2, 0) is 6.42 Å². The summed E-state index contributed by atoms with van der Waals surface area (Å²) in [5, 5.41) is 12.2. The number of amides is 1. The van der Waals surface area contributed by atoms with Crippen LogP contribution < -0.4 is 0 Å². The van der Waals surface area contributed by atoms with Crippen LogP contribution in [0, 0.1) is 5.95 Å². The van der Waals surface area contributed by atoms with E-state index < -0.39 is 17.9 Å². The van der Waals surface area contributed by atoms with Crippen molar-refractivity contribution >= 4 is 11.4 Å². The van der Waals surface area contributed by atoms with Gasteiger partial charge in [0.25, 0.3) is 5.89 Å². The standard InChI is InChI=1S/C20H14FN9O2/c21-14-4-1-3-11-9-13(28-30(11)14)16-15-12(24-10-25-15)5-8-29(16)20(31)19-27-26-18(32-19)17-22-6-2-7-23-17/h1-4,6-7,9-10,16H,5,8H2,(H,24,25). The number of aromatic amines is 1. The SMILES string of the molecule is O=C(c1nnc(-c2ncccn2)o1)N1CCc2[nH]cnc2C1c1cc2cccc(F)n2n1. The highest BCUT2D eigenvalue weighted by molar-refractivity contribution is 5.90. The number of nitrogens with one attached hydrogen (secondary N) is 1. The molecular formula is C20H14FN9O2. The van der Waals surface area contributed by atoms with Gasteiger partial charge in [-0.1, -0.05) is 6.07 Å². The Morgan fingerprint density at radius 3 is 2.88 bits per heavy atom. The van der Waals surface area contributed by atoms with E-state index in [9.17, 15) is 9.18 Å². The summed E-state index contributed by atoms with van der Waals surface area (Å²) >= 11 is 0. The number of H-pyrrole nitrogens is 1. The molecule has 1 unspecified atom stereocenters. The van der Waals surface area contributed by atoms with Crippen molar-refractivity contribution in [3.63, 3.8) is 0 Å². The van der Waals surface area contributed by atoms with Crippen LogP contribution in [0.2, 0.25) is 0 Å². The lowest BCUT2D eigenvalue weighted by Gasteiger charge is -2.32. The van der Waals surface area contributed by atoms with E-state index in [1.807, 2.05) is 0 Å². The highest BCUT2D eigenvalue weighted by atomic mass is 19.1. The van der Waals surface area contributed by atoms with Crippen LogP contribution in [0.25, 0.3) is 17.2 Å². The molecule has 0 radical (unpaired) electrons. The lowest BCUT2D eigenvalue weighted by atomic mass is 9.99. The summed E-state index contributed by atoms with van der Waals surface area (Å²) in [5.74, 6) is -0.936. The van der Waals surface area contributed by atoms with Crippen molar-refractivity contribution in [1.82, 2.24) is 44.6 Å². The zero-order valence-electron chi connectivity index (χ0n) is 16.4. The van der Waals surface area contributed by atoms with Gasteiger partial charge < -0.3 is 14.3 Å². The Hall–Kier alpha value is -4.48. The van der Waals surface area contributed by atoms with E-state index in [2.05, 4.69) is 35.2 Å². The number of fused-ring (bicyclic) bond motifs is 2. The summed E-state index contributed by atoms with van der Waals surface area (Å²) in [6, 6.07) is 7.40. The molecule has 5 aromatic rings. The van der Waals surface area contributed by atoms with Crippen molar-refractivity contribution in [2.24, 2.45) is 0 Å². The van der Waals surface area contributed by atoms with E-state index in [-0.39, 0.29) is 17.6 Å². The predicted molar refractivity (Wildman–Crippen MR) is 106 cm³/mol. The first-order valence-electron chi connectivity index (χ1n) is 9.77. The van der Waals surface area contributed by atoms with Crippen LogP contribution in [0.3, 0.4) is 0 Å². The maximum absolute atomic E-state index is 14.2. The maximum atomic E-state index is 14.2. The van der Waals surface area contributed by atoms with Crippen molar-refractivity contribution in [2.45, 2.75) is 12.5 Å². The number of rotatable bonds is 3. The van der Waals surface area contributed by atoms with Crippen LogP contribution in [0.15, 0.2) is 53.5 Å². The van der Waals surface area contributed by atoms with Gasteiger partial charge in [-0.3, -0.25) is 4.79 Å². The summed E-state index contributed by atoms with van der Waals surface area (Å²) in [7, 11) is 0. The Bertz CT molecular complexity index is 1440. The molecule has 0 spiro atoms. The third kappa shape index (κ3) is 2.84. The topological polar surface area (TPSA) is 131 Å². The first kappa shape index (κ1) is 18.3. The molecule has 0 saturated heterocycles. The predicted octanol–water partition coefficient (Wildman–Crippen LogP) is 1.82. The Kier molecular flexibility index (Phi) is 4.03. The van der Waals surface area contributed by atoms with Crippen molar-refractivity contribution in [3.8, 4) is 11.7 Å². The minimum Gasteiger partial charge on any atom is -0.409 e. The van der Waals surface area contributed by atoms with Gasteiger partial charge >= 0.3 is 11.8 Å². The monoisotopic (exact) mass is 431 g/mol. The Morgan fingerprint density at radius 1 is 1.16 bits per heavy atom. The van der Waals surface area contributed by atoms with Crippen LogP contribution in [0.1, 0.15) is 33.8 Å². The van der Waals surface area contributed by atoms with E-state index in [4.69, 9.17) is 4.42 Å². The van der Waals surface area contributed by atoms with Gasteiger partial charge in [0.05, 0.1) is 23.2 Å².